The molecular weight excluding hydrogens is 102 g/mol. The Hall–Kier alpha value is -1.30. The van der Waals surface area contributed by atoms with Crippen LogP contribution in [-0.2, 0) is 7.05 Å². The molecule has 1 rings (SSSR count). The fourth-order valence-electron chi connectivity index (χ4n) is 0.420. The Morgan fingerprint density at radius 1 is 1.88 bits per heavy atom. The minimum atomic E-state index is 0.699. The molecule has 0 aliphatic heterocycles. The second kappa shape index (κ2) is 1.66. The van der Waals surface area contributed by atoms with Gasteiger partial charge in [-0.2, -0.15) is 0 Å². The standard InChI is InChI=1S/C5H5N3/c1-3-5-4-6-7-8(5)2/h1,4H,2H3. The third-order valence-electron chi connectivity index (χ3n) is 0.862. The molecule has 0 bridgehead atoms. The number of hydrogen-bond acceptors (Lipinski definition) is 2. The molecule has 0 saturated carbocycles. The molecular formula is C5H5N3. The SMILES string of the molecule is C#Cc1cnnn1C. The van der Waals surface area contributed by atoms with E-state index in [-0.39, 0.29) is 0 Å². The van der Waals surface area contributed by atoms with Crippen LogP contribution in [0.4, 0.5) is 0 Å². The van der Waals surface area contributed by atoms with Crippen LogP contribution < -0.4 is 0 Å². The average molecular weight is 107 g/mol. The van der Waals surface area contributed by atoms with E-state index in [2.05, 4.69) is 16.2 Å². The van der Waals surface area contributed by atoms with Crippen molar-refractivity contribution in [2.75, 3.05) is 0 Å². The first kappa shape index (κ1) is 4.85. The van der Waals surface area contributed by atoms with Crippen molar-refractivity contribution >= 4 is 0 Å². The summed E-state index contributed by atoms with van der Waals surface area (Å²) in [4.78, 5) is 0. The van der Waals surface area contributed by atoms with Gasteiger partial charge in [-0.1, -0.05) is 5.21 Å². The van der Waals surface area contributed by atoms with E-state index >= 15 is 0 Å². The molecule has 0 aliphatic rings. The molecule has 0 atom stereocenters. The van der Waals surface area contributed by atoms with E-state index < -0.39 is 0 Å². The number of aryl methyl sites for hydroxylation is 1. The van der Waals surface area contributed by atoms with Crippen molar-refractivity contribution in [2.24, 2.45) is 7.05 Å². The van der Waals surface area contributed by atoms with Crippen LogP contribution in [-0.4, -0.2) is 15.0 Å². The highest BCUT2D eigenvalue weighted by Crippen LogP contribution is 1.86. The first-order valence-electron chi connectivity index (χ1n) is 2.16. The van der Waals surface area contributed by atoms with Crippen LogP contribution in [0, 0.1) is 12.3 Å². The molecule has 0 amide bonds. The molecule has 0 aromatic carbocycles. The van der Waals surface area contributed by atoms with Crippen molar-refractivity contribution in [2.45, 2.75) is 0 Å². The molecule has 0 aliphatic carbocycles. The lowest BCUT2D eigenvalue weighted by atomic mass is 10.5. The van der Waals surface area contributed by atoms with Gasteiger partial charge in [0.2, 0.25) is 0 Å². The second-order valence-corrected chi connectivity index (χ2v) is 1.39. The molecule has 3 heteroatoms. The topological polar surface area (TPSA) is 30.7 Å². The quantitative estimate of drug-likeness (QED) is 0.430. The molecule has 3 nitrogen and oxygen atoms in total. The van der Waals surface area contributed by atoms with Crippen molar-refractivity contribution in [3.8, 4) is 12.3 Å². The summed E-state index contributed by atoms with van der Waals surface area (Å²) in [6.07, 6.45) is 6.59. The Balaban J connectivity index is 3.15. The Kier molecular flexibility index (Phi) is 1.01. The van der Waals surface area contributed by atoms with Crippen LogP contribution in [0.25, 0.3) is 0 Å². The lowest BCUT2D eigenvalue weighted by Gasteiger charge is -1.83. The predicted octanol–water partition coefficient (Wildman–Crippen LogP) is -0.204. The molecule has 0 saturated heterocycles. The maximum atomic E-state index is 5.04. The molecule has 1 aromatic heterocycles. The third-order valence-corrected chi connectivity index (χ3v) is 0.862. The van der Waals surface area contributed by atoms with Crippen molar-refractivity contribution < 1.29 is 0 Å². The minimum absolute atomic E-state index is 0.699. The normalized spacial score (nSPS) is 8.50. The number of hydrogen-bond donors (Lipinski definition) is 0. The summed E-state index contributed by atoms with van der Waals surface area (Å²) < 4.78 is 1.54. The zero-order valence-corrected chi connectivity index (χ0v) is 4.50. The minimum Gasteiger partial charge on any atom is -0.240 e. The smallest absolute Gasteiger partial charge is 0.130 e. The fourth-order valence-corrected chi connectivity index (χ4v) is 0.420. The molecule has 0 radical (unpaired) electrons. The van der Waals surface area contributed by atoms with Gasteiger partial charge in [-0.05, 0) is 5.92 Å². The molecule has 0 unspecified atom stereocenters. The summed E-state index contributed by atoms with van der Waals surface area (Å²) in [6, 6.07) is 0. The van der Waals surface area contributed by atoms with E-state index in [0.29, 0.717) is 5.69 Å². The predicted molar refractivity (Wildman–Crippen MR) is 28.9 cm³/mol. The highest BCUT2D eigenvalue weighted by molar-refractivity contribution is 5.19. The first-order chi connectivity index (χ1) is 3.84. The van der Waals surface area contributed by atoms with E-state index in [1.165, 1.54) is 0 Å². The van der Waals surface area contributed by atoms with Crippen LogP contribution >= 0.6 is 0 Å². The molecule has 0 N–H and O–H groups in total. The molecule has 0 spiro atoms. The van der Waals surface area contributed by atoms with Gasteiger partial charge in [0.1, 0.15) is 5.69 Å². The maximum absolute atomic E-state index is 5.04. The maximum Gasteiger partial charge on any atom is 0.130 e. The highest BCUT2D eigenvalue weighted by atomic mass is 15.4. The van der Waals surface area contributed by atoms with E-state index in [1.54, 1.807) is 17.9 Å². The second-order valence-electron chi connectivity index (χ2n) is 1.39. The number of nitrogens with zero attached hydrogens (tertiary/aromatic N) is 3. The van der Waals surface area contributed by atoms with Crippen LogP contribution in [0.2, 0.25) is 0 Å². The van der Waals surface area contributed by atoms with Crippen molar-refractivity contribution in [3.63, 3.8) is 0 Å². The van der Waals surface area contributed by atoms with Gasteiger partial charge in [0.25, 0.3) is 0 Å². The number of aromatic nitrogens is 3. The zero-order valence-electron chi connectivity index (χ0n) is 4.50. The largest absolute Gasteiger partial charge is 0.240 e. The summed E-state index contributed by atoms with van der Waals surface area (Å²) in [5, 5.41) is 7.17. The number of rotatable bonds is 0. The van der Waals surface area contributed by atoms with E-state index in [4.69, 9.17) is 6.42 Å². The van der Waals surface area contributed by atoms with Crippen molar-refractivity contribution in [1.29, 1.82) is 0 Å². The monoisotopic (exact) mass is 107 g/mol. The summed E-state index contributed by atoms with van der Waals surface area (Å²) in [6.45, 7) is 0. The molecule has 1 heterocycles. The van der Waals surface area contributed by atoms with Gasteiger partial charge < -0.3 is 0 Å². The first-order valence-corrected chi connectivity index (χ1v) is 2.16. The third kappa shape index (κ3) is 0.562. The summed E-state index contributed by atoms with van der Waals surface area (Å²) >= 11 is 0. The Morgan fingerprint density at radius 3 is 2.88 bits per heavy atom. The Bertz CT molecular complexity index is 218. The van der Waals surface area contributed by atoms with Gasteiger partial charge in [0.15, 0.2) is 0 Å². The van der Waals surface area contributed by atoms with Gasteiger partial charge in [-0.3, -0.25) is 0 Å². The van der Waals surface area contributed by atoms with Gasteiger partial charge in [0.05, 0.1) is 6.20 Å². The zero-order chi connectivity index (χ0) is 5.98. The average Bonchev–Trinajstić information content (AvgIpc) is 2.14. The van der Waals surface area contributed by atoms with Crippen LogP contribution in [0.1, 0.15) is 5.69 Å². The van der Waals surface area contributed by atoms with E-state index in [0.717, 1.165) is 0 Å². The Labute approximate surface area is 47.3 Å². The molecule has 8 heavy (non-hydrogen) atoms. The van der Waals surface area contributed by atoms with Crippen molar-refractivity contribution in [1.82, 2.24) is 15.0 Å². The molecule has 40 valence electrons. The summed E-state index contributed by atoms with van der Waals surface area (Å²) in [5.74, 6) is 2.41. The summed E-state index contributed by atoms with van der Waals surface area (Å²) in [5.41, 5.74) is 0.699. The van der Waals surface area contributed by atoms with Crippen LogP contribution in [0.5, 0.6) is 0 Å². The molecule has 1 aromatic rings. The van der Waals surface area contributed by atoms with Gasteiger partial charge in [-0.25, -0.2) is 4.68 Å². The van der Waals surface area contributed by atoms with Crippen molar-refractivity contribution in [3.05, 3.63) is 11.9 Å². The van der Waals surface area contributed by atoms with E-state index in [9.17, 15) is 0 Å². The summed E-state index contributed by atoms with van der Waals surface area (Å²) in [7, 11) is 1.75. The molecule has 0 fully saturated rings. The highest BCUT2D eigenvalue weighted by Gasteiger charge is 1.89. The van der Waals surface area contributed by atoms with Crippen LogP contribution in [0.3, 0.4) is 0 Å². The lowest BCUT2D eigenvalue weighted by Crippen LogP contribution is -1.92. The van der Waals surface area contributed by atoms with Gasteiger partial charge in [-0.15, -0.1) is 11.5 Å². The number of terminal acetylenes is 1. The fraction of sp³-hybridized carbons (Fsp3) is 0.200. The van der Waals surface area contributed by atoms with Gasteiger partial charge in [0, 0.05) is 7.05 Å². The van der Waals surface area contributed by atoms with Crippen LogP contribution in [0.15, 0.2) is 6.20 Å². The lowest BCUT2D eigenvalue weighted by molar-refractivity contribution is 0.708. The van der Waals surface area contributed by atoms with E-state index in [1.807, 2.05) is 0 Å². The van der Waals surface area contributed by atoms with Gasteiger partial charge >= 0.3 is 0 Å². The Morgan fingerprint density at radius 2 is 2.62 bits per heavy atom.